The average Bonchev–Trinajstić information content (AvgIpc) is 0. The first-order valence-corrected chi connectivity index (χ1v) is 0. The smallest absolute Gasteiger partial charge is 0 e. The summed E-state index contributed by atoms with van der Waals surface area (Å²) >= 11 is 0. The van der Waals surface area contributed by atoms with Crippen molar-refractivity contribution in [3.05, 3.63) is 0 Å². The Morgan fingerprint density at radius 2 is 1.00 bits per heavy atom. The molecule has 23 valence electrons. The van der Waals surface area contributed by atoms with Crippen molar-refractivity contribution in [1.82, 2.24) is 0 Å². The Labute approximate surface area is 70.4 Å². The third-order valence-electron chi connectivity index (χ3n) is 0. The van der Waals surface area contributed by atoms with Crippen molar-refractivity contribution in [3.63, 3.8) is 0 Å². The van der Waals surface area contributed by atoms with Crippen molar-refractivity contribution < 1.29 is 5.48 Å². The minimum Gasteiger partial charge on any atom is -0.412 e. The van der Waals surface area contributed by atoms with Crippen LogP contribution in [0.5, 0.6) is 0 Å². The molecule has 0 aromatic rings. The molecule has 4 heteroatoms. The molecule has 0 spiro atoms. The van der Waals surface area contributed by atoms with E-state index in [1.165, 1.54) is 0 Å². The molecule has 0 aliphatic heterocycles. The fraction of sp³-hybridized carbons (Fsp3) is 0. The molecule has 0 saturated heterocycles. The number of hydrogen-bond acceptors (Lipinski definition) is 0. The summed E-state index contributed by atoms with van der Waals surface area (Å²) < 4.78 is 0. The standard InChI is InChI=1S/Ge.H2O.Sb.Te/h;1H2;;. The maximum absolute atomic E-state index is 0. The molecule has 0 atom stereocenters. The van der Waals surface area contributed by atoms with Crippen LogP contribution in [0.15, 0.2) is 0 Å². The molecule has 4 heavy (non-hydrogen) atoms. The number of rotatable bonds is 0. The van der Waals surface area contributed by atoms with Gasteiger partial charge >= 0.3 is 0 Å². The van der Waals surface area contributed by atoms with E-state index in [9.17, 15) is 0 Å². The van der Waals surface area contributed by atoms with Crippen LogP contribution in [0.3, 0.4) is 0 Å². The molecule has 0 rings (SSSR count). The zero-order chi connectivity index (χ0) is 0. The quantitative estimate of drug-likeness (QED) is 0.459. The van der Waals surface area contributed by atoms with E-state index in [0.717, 1.165) is 0 Å². The second-order valence-corrected chi connectivity index (χ2v) is 0. The van der Waals surface area contributed by atoms with Crippen molar-refractivity contribution in [1.29, 1.82) is 0 Å². The molecule has 0 unspecified atom stereocenters. The van der Waals surface area contributed by atoms with Crippen LogP contribution in [0, 0.1) is 0 Å². The summed E-state index contributed by atoms with van der Waals surface area (Å²) in [7, 11) is 0. The maximum Gasteiger partial charge on any atom is 0 e. The van der Waals surface area contributed by atoms with Gasteiger partial charge in [-0.25, -0.2) is 0 Å². The van der Waals surface area contributed by atoms with Crippen LogP contribution in [0.1, 0.15) is 0 Å². The Morgan fingerprint density at radius 3 is 1.00 bits per heavy atom. The Hall–Kier alpha value is 2.11. The van der Waals surface area contributed by atoms with Gasteiger partial charge in [-0.3, -0.25) is 0 Å². The van der Waals surface area contributed by atoms with E-state index < -0.39 is 0 Å². The van der Waals surface area contributed by atoms with E-state index in [1.54, 1.807) is 0 Å². The molecule has 0 saturated carbocycles. The van der Waals surface area contributed by atoms with Gasteiger partial charge in [0.25, 0.3) is 0 Å². The third-order valence-corrected chi connectivity index (χ3v) is 0. The largest absolute Gasteiger partial charge is 0.412 e. The van der Waals surface area contributed by atoms with E-state index >= 15 is 0 Å². The van der Waals surface area contributed by atoms with Gasteiger partial charge in [0.15, 0.2) is 0 Å². The monoisotopic (exact) mass is 343 g/mol. The van der Waals surface area contributed by atoms with Crippen molar-refractivity contribution in [2.75, 3.05) is 0 Å². The predicted molar refractivity (Wildman–Crippen MR) is 20.9 cm³/mol. The van der Waals surface area contributed by atoms with Crippen molar-refractivity contribution in [2.24, 2.45) is 0 Å². The van der Waals surface area contributed by atoms with E-state index in [2.05, 4.69) is 0 Å². The van der Waals surface area contributed by atoms with Crippen molar-refractivity contribution in [2.45, 2.75) is 0 Å². The minimum atomic E-state index is 0. The summed E-state index contributed by atoms with van der Waals surface area (Å²) in [4.78, 5) is 0. The molecule has 0 aromatic carbocycles. The van der Waals surface area contributed by atoms with Gasteiger partial charge < -0.3 is 5.48 Å². The summed E-state index contributed by atoms with van der Waals surface area (Å²) in [5.74, 6) is 0. The SMILES string of the molecule is O.[Ge].[Sb].[Te]. The van der Waals surface area contributed by atoms with Gasteiger partial charge in [-0.05, 0) is 0 Å². The maximum atomic E-state index is 0. The molecule has 0 aromatic heterocycles. The molecular formula is H2GeOSbTe. The van der Waals surface area contributed by atoms with Gasteiger partial charge in [0.2, 0.25) is 0 Å². The summed E-state index contributed by atoms with van der Waals surface area (Å²) in [6.07, 6.45) is 0. The molecule has 0 aliphatic carbocycles. The first-order chi connectivity index (χ1) is 0. The topological polar surface area (TPSA) is 31.5 Å². The van der Waals surface area contributed by atoms with Gasteiger partial charge in [-0.2, -0.15) is 0 Å². The predicted octanol–water partition coefficient (Wildman–Crippen LogP) is -1.97. The summed E-state index contributed by atoms with van der Waals surface area (Å²) in [5, 5.41) is 0. The van der Waals surface area contributed by atoms with Gasteiger partial charge in [-0.1, -0.05) is 0 Å². The molecule has 0 aliphatic rings. The molecule has 1 nitrogen and oxygen atoms in total. The summed E-state index contributed by atoms with van der Waals surface area (Å²) in [6, 6.07) is 0. The summed E-state index contributed by atoms with van der Waals surface area (Å²) in [6.45, 7) is 0. The third kappa shape index (κ3) is 8.93. The molecule has 9 radical (unpaired) electrons. The fourth-order valence-corrected chi connectivity index (χ4v) is 0. The van der Waals surface area contributed by atoms with Crippen LogP contribution in [-0.2, 0) is 0 Å². The van der Waals surface area contributed by atoms with Gasteiger partial charge in [-0.15, -0.1) is 0 Å². The first-order valence-electron chi connectivity index (χ1n) is 0. The van der Waals surface area contributed by atoms with E-state index in [-0.39, 0.29) is 71.2 Å². The van der Waals surface area contributed by atoms with E-state index in [4.69, 9.17) is 0 Å². The van der Waals surface area contributed by atoms with Crippen molar-refractivity contribution >= 4 is 65.7 Å². The fourth-order valence-electron chi connectivity index (χ4n) is 0. The Bertz CT molecular complexity index is 8.00. The zero-order valence-electron chi connectivity index (χ0n) is 1.86. The first kappa shape index (κ1) is 35.8. The average molecular weight is 340 g/mol. The molecular weight excluding hydrogens is 338 g/mol. The Morgan fingerprint density at radius 1 is 1.00 bits per heavy atom. The van der Waals surface area contributed by atoms with Crippen LogP contribution in [0.2, 0.25) is 0 Å². The molecule has 0 heterocycles. The zero-order valence-corrected chi connectivity index (χ0v) is 8.84. The molecule has 0 amide bonds. The molecule has 0 fully saturated rings. The second kappa shape index (κ2) is 19.4. The van der Waals surface area contributed by atoms with Crippen LogP contribution in [0.4, 0.5) is 0 Å². The van der Waals surface area contributed by atoms with Gasteiger partial charge in [0.05, 0.1) is 0 Å². The minimum absolute atomic E-state index is 0. The number of hydrogen-bond donors (Lipinski definition) is 0. The normalized spacial score (nSPS) is 0. The summed E-state index contributed by atoms with van der Waals surface area (Å²) in [5.41, 5.74) is 0. The van der Waals surface area contributed by atoms with Gasteiger partial charge in [0.1, 0.15) is 0 Å². The van der Waals surface area contributed by atoms with Crippen LogP contribution in [0.25, 0.3) is 0 Å². The Kier molecular flexibility index (Phi) is 174. The van der Waals surface area contributed by atoms with Gasteiger partial charge in [0, 0.05) is 65.7 Å². The van der Waals surface area contributed by atoms with Crippen LogP contribution in [-0.4, -0.2) is 71.2 Å². The second-order valence-electron chi connectivity index (χ2n) is 0. The van der Waals surface area contributed by atoms with E-state index in [0.29, 0.717) is 0 Å². The van der Waals surface area contributed by atoms with Crippen LogP contribution >= 0.6 is 0 Å². The van der Waals surface area contributed by atoms with E-state index in [1.807, 2.05) is 0 Å². The Balaban J connectivity index is 0. The molecule has 2 N–H and O–H groups in total. The van der Waals surface area contributed by atoms with Crippen LogP contribution < -0.4 is 0 Å². The molecule has 0 bridgehead atoms. The van der Waals surface area contributed by atoms with Crippen molar-refractivity contribution in [3.8, 4) is 0 Å².